The van der Waals surface area contributed by atoms with Crippen LogP contribution in [0.4, 0.5) is 11.5 Å². The van der Waals surface area contributed by atoms with Gasteiger partial charge in [0.05, 0.1) is 4.92 Å². The van der Waals surface area contributed by atoms with E-state index in [9.17, 15) is 10.1 Å². The smallest absolute Gasteiger partial charge is 0.331 e. The molecular formula is C13H19N3O3. The van der Waals surface area contributed by atoms with E-state index in [0.717, 1.165) is 38.6 Å². The van der Waals surface area contributed by atoms with Crippen LogP contribution in [-0.4, -0.2) is 22.6 Å². The molecule has 0 aromatic carbocycles. The highest BCUT2D eigenvalue weighted by Gasteiger charge is 2.23. The zero-order valence-corrected chi connectivity index (χ0v) is 11.1. The van der Waals surface area contributed by atoms with Crippen LogP contribution in [0.5, 0.6) is 5.88 Å². The molecule has 1 N–H and O–H groups in total. The van der Waals surface area contributed by atoms with E-state index in [0.29, 0.717) is 5.82 Å². The summed E-state index contributed by atoms with van der Waals surface area (Å²) in [5.74, 6) is 0.762. The zero-order chi connectivity index (χ0) is 13.7. The summed E-state index contributed by atoms with van der Waals surface area (Å²) >= 11 is 0. The van der Waals surface area contributed by atoms with Crippen LogP contribution in [0.3, 0.4) is 0 Å². The van der Waals surface area contributed by atoms with E-state index in [-0.39, 0.29) is 17.7 Å². The summed E-state index contributed by atoms with van der Waals surface area (Å²) in [5, 5.41) is 14.1. The lowest BCUT2D eigenvalue weighted by Gasteiger charge is -2.13. The number of nitrogens with zero attached hydrogens (tertiary/aromatic N) is 2. The first-order valence-corrected chi connectivity index (χ1v) is 6.76. The molecule has 6 nitrogen and oxygen atoms in total. The number of hydrogen-bond donors (Lipinski definition) is 1. The minimum absolute atomic E-state index is 0.0612. The Kier molecular flexibility index (Phi) is 4.54. The van der Waals surface area contributed by atoms with E-state index >= 15 is 0 Å². The van der Waals surface area contributed by atoms with Crippen molar-refractivity contribution in [1.82, 2.24) is 4.98 Å². The van der Waals surface area contributed by atoms with E-state index in [1.807, 2.05) is 6.92 Å². The number of nitro groups is 1. The van der Waals surface area contributed by atoms with E-state index in [1.165, 1.54) is 6.07 Å². The van der Waals surface area contributed by atoms with Gasteiger partial charge in [-0.25, -0.2) is 0 Å². The quantitative estimate of drug-likeness (QED) is 0.631. The minimum atomic E-state index is -0.444. The van der Waals surface area contributed by atoms with Crippen molar-refractivity contribution in [3.63, 3.8) is 0 Å². The fourth-order valence-electron chi connectivity index (χ4n) is 2.17. The van der Waals surface area contributed by atoms with Gasteiger partial charge in [0.25, 0.3) is 5.88 Å². The van der Waals surface area contributed by atoms with Crippen LogP contribution < -0.4 is 10.1 Å². The van der Waals surface area contributed by atoms with E-state index in [1.54, 1.807) is 6.07 Å². The fraction of sp³-hybridized carbons (Fsp3) is 0.615. The third kappa shape index (κ3) is 3.56. The molecule has 1 aliphatic carbocycles. The molecule has 0 aliphatic heterocycles. The fourth-order valence-corrected chi connectivity index (χ4v) is 2.17. The Labute approximate surface area is 112 Å². The van der Waals surface area contributed by atoms with Crippen molar-refractivity contribution in [2.24, 2.45) is 0 Å². The van der Waals surface area contributed by atoms with Gasteiger partial charge in [-0.1, -0.05) is 6.92 Å². The Morgan fingerprint density at radius 1 is 1.47 bits per heavy atom. The molecule has 1 heterocycles. The van der Waals surface area contributed by atoms with Crippen LogP contribution in [0.1, 0.15) is 39.0 Å². The first-order valence-electron chi connectivity index (χ1n) is 6.76. The Morgan fingerprint density at radius 2 is 2.21 bits per heavy atom. The second kappa shape index (κ2) is 6.36. The summed E-state index contributed by atoms with van der Waals surface area (Å²) in [5.41, 5.74) is -0.0612. The number of nitrogens with one attached hydrogen (secondary N) is 1. The zero-order valence-electron chi connectivity index (χ0n) is 11.1. The molecule has 0 amide bonds. The molecular weight excluding hydrogens is 246 g/mol. The highest BCUT2D eigenvalue weighted by Crippen LogP contribution is 2.30. The largest absolute Gasteiger partial charge is 0.469 e. The van der Waals surface area contributed by atoms with Gasteiger partial charge >= 0.3 is 5.69 Å². The Bertz CT molecular complexity index is 445. The maximum atomic E-state index is 11.0. The van der Waals surface area contributed by atoms with Crippen LogP contribution in [0.15, 0.2) is 12.1 Å². The predicted molar refractivity (Wildman–Crippen MR) is 72.6 cm³/mol. The Morgan fingerprint density at radius 3 is 2.84 bits per heavy atom. The molecule has 1 aromatic heterocycles. The molecule has 104 valence electrons. The molecule has 1 fully saturated rings. The molecule has 0 unspecified atom stereocenters. The summed E-state index contributed by atoms with van der Waals surface area (Å²) in [7, 11) is 0. The lowest BCUT2D eigenvalue weighted by atomic mass is 10.3. The molecule has 0 bridgehead atoms. The van der Waals surface area contributed by atoms with Gasteiger partial charge in [0, 0.05) is 12.6 Å². The predicted octanol–water partition coefficient (Wildman–Crippen LogP) is 3.13. The number of anilines is 1. The summed E-state index contributed by atoms with van der Waals surface area (Å²) in [6.45, 7) is 2.84. The number of hydrogen-bond acceptors (Lipinski definition) is 5. The molecule has 0 radical (unpaired) electrons. The highest BCUT2D eigenvalue weighted by atomic mass is 16.6. The SMILES string of the molecule is CCCNc1ccc([N+](=O)[O-])c(OC2CCCC2)n1. The van der Waals surface area contributed by atoms with Gasteiger partial charge in [0.15, 0.2) is 0 Å². The second-order valence-electron chi connectivity index (χ2n) is 4.73. The summed E-state index contributed by atoms with van der Waals surface area (Å²) in [6.07, 6.45) is 5.17. The van der Waals surface area contributed by atoms with Crippen molar-refractivity contribution < 1.29 is 9.66 Å². The van der Waals surface area contributed by atoms with Gasteiger partial charge in [-0.05, 0) is 38.2 Å². The van der Waals surface area contributed by atoms with E-state index in [4.69, 9.17) is 4.74 Å². The van der Waals surface area contributed by atoms with Gasteiger partial charge in [0.1, 0.15) is 11.9 Å². The van der Waals surface area contributed by atoms with Crippen molar-refractivity contribution in [1.29, 1.82) is 0 Å². The third-order valence-electron chi connectivity index (χ3n) is 3.17. The maximum absolute atomic E-state index is 11.0. The van der Waals surface area contributed by atoms with Crippen LogP contribution in [0, 0.1) is 10.1 Å². The number of rotatable bonds is 6. The molecule has 0 saturated heterocycles. The molecule has 0 spiro atoms. The van der Waals surface area contributed by atoms with Crippen molar-refractivity contribution in [3.8, 4) is 5.88 Å². The van der Waals surface area contributed by atoms with Crippen molar-refractivity contribution in [2.45, 2.75) is 45.1 Å². The van der Waals surface area contributed by atoms with Crippen LogP contribution >= 0.6 is 0 Å². The first kappa shape index (κ1) is 13.6. The summed E-state index contributed by atoms with van der Waals surface area (Å²) < 4.78 is 5.70. The first-order chi connectivity index (χ1) is 9.20. The highest BCUT2D eigenvalue weighted by molar-refractivity contribution is 5.49. The third-order valence-corrected chi connectivity index (χ3v) is 3.17. The van der Waals surface area contributed by atoms with Crippen molar-refractivity contribution in [2.75, 3.05) is 11.9 Å². The van der Waals surface area contributed by atoms with Gasteiger partial charge in [-0.2, -0.15) is 4.98 Å². The average molecular weight is 265 g/mol. The molecule has 1 aromatic rings. The molecule has 6 heteroatoms. The average Bonchev–Trinajstić information content (AvgIpc) is 2.89. The van der Waals surface area contributed by atoms with Gasteiger partial charge in [-0.3, -0.25) is 10.1 Å². The molecule has 0 atom stereocenters. The standard InChI is InChI=1S/C13H19N3O3/c1-2-9-14-12-8-7-11(16(17)18)13(15-12)19-10-5-3-4-6-10/h7-8,10H,2-6,9H2,1H3,(H,14,15). The summed E-state index contributed by atoms with van der Waals surface area (Å²) in [4.78, 5) is 14.8. The molecule has 1 saturated carbocycles. The Hall–Kier alpha value is -1.85. The summed E-state index contributed by atoms with van der Waals surface area (Å²) in [6, 6.07) is 3.07. The van der Waals surface area contributed by atoms with Crippen molar-refractivity contribution in [3.05, 3.63) is 22.2 Å². The van der Waals surface area contributed by atoms with Crippen LogP contribution in [0.2, 0.25) is 0 Å². The molecule has 19 heavy (non-hydrogen) atoms. The second-order valence-corrected chi connectivity index (χ2v) is 4.73. The molecule has 1 aliphatic rings. The number of ether oxygens (including phenoxy) is 1. The number of pyridine rings is 1. The van der Waals surface area contributed by atoms with Gasteiger partial charge in [-0.15, -0.1) is 0 Å². The minimum Gasteiger partial charge on any atom is -0.469 e. The number of aromatic nitrogens is 1. The molecule has 2 rings (SSSR count). The van der Waals surface area contributed by atoms with E-state index in [2.05, 4.69) is 10.3 Å². The van der Waals surface area contributed by atoms with Gasteiger partial charge in [0.2, 0.25) is 0 Å². The van der Waals surface area contributed by atoms with Gasteiger partial charge < -0.3 is 10.1 Å². The van der Waals surface area contributed by atoms with Crippen LogP contribution in [-0.2, 0) is 0 Å². The lowest BCUT2D eigenvalue weighted by molar-refractivity contribution is -0.386. The Balaban J connectivity index is 2.17. The topological polar surface area (TPSA) is 77.3 Å². The normalized spacial score (nSPS) is 15.4. The lowest BCUT2D eigenvalue weighted by Crippen LogP contribution is -2.14. The monoisotopic (exact) mass is 265 g/mol. The van der Waals surface area contributed by atoms with Crippen LogP contribution in [0.25, 0.3) is 0 Å². The van der Waals surface area contributed by atoms with Crippen molar-refractivity contribution >= 4 is 11.5 Å². The van der Waals surface area contributed by atoms with E-state index < -0.39 is 4.92 Å². The maximum Gasteiger partial charge on any atom is 0.331 e.